The first-order valence-corrected chi connectivity index (χ1v) is 12.0. The third-order valence-corrected chi connectivity index (χ3v) is 6.44. The van der Waals surface area contributed by atoms with E-state index in [1.807, 2.05) is 61.1 Å². The number of nitrogens with zero attached hydrogens (tertiary/aromatic N) is 5. The van der Waals surface area contributed by atoms with Gasteiger partial charge in [0.25, 0.3) is 5.91 Å². The molecule has 1 aliphatic rings. The average molecular weight is 494 g/mol. The minimum Gasteiger partial charge on any atom is -0.356 e. The molecule has 4 aromatic heterocycles. The van der Waals surface area contributed by atoms with Crippen molar-refractivity contribution in [3.8, 4) is 11.8 Å². The van der Waals surface area contributed by atoms with E-state index >= 15 is 0 Å². The normalized spacial score (nSPS) is 15.3. The van der Waals surface area contributed by atoms with E-state index in [0.29, 0.717) is 17.0 Å². The van der Waals surface area contributed by atoms with Gasteiger partial charge in [0.15, 0.2) is 0 Å². The number of aromatic amines is 1. The lowest BCUT2D eigenvalue weighted by molar-refractivity contribution is 0.0936. The van der Waals surface area contributed by atoms with Crippen molar-refractivity contribution < 1.29 is 9.18 Å². The summed E-state index contributed by atoms with van der Waals surface area (Å²) in [5.74, 6) is 5.79. The second-order valence-electron chi connectivity index (χ2n) is 9.28. The van der Waals surface area contributed by atoms with Gasteiger partial charge >= 0.3 is 0 Å². The van der Waals surface area contributed by atoms with Crippen molar-refractivity contribution in [2.45, 2.75) is 32.1 Å². The Hall–Kier alpha value is -4.71. The SMILES string of the molecule is Cc1cc(C#Cc2cnn(C)c2)cc(C(=O)NC(c2cc3ccccc3[nH]2)c2ncn3c2C[C@@H](F)C3)n1. The summed E-state index contributed by atoms with van der Waals surface area (Å²) in [5, 5.41) is 8.23. The predicted octanol–water partition coefficient (Wildman–Crippen LogP) is 3.61. The number of halogens is 1. The number of fused-ring (bicyclic) bond motifs is 2. The van der Waals surface area contributed by atoms with Crippen LogP contribution in [0, 0.1) is 18.8 Å². The summed E-state index contributed by atoms with van der Waals surface area (Å²) in [4.78, 5) is 26.0. The molecule has 0 radical (unpaired) electrons. The van der Waals surface area contributed by atoms with Crippen LogP contribution in [0.3, 0.4) is 0 Å². The minimum atomic E-state index is -0.963. The third-order valence-electron chi connectivity index (χ3n) is 6.44. The maximum absolute atomic E-state index is 14.2. The number of nitrogens with one attached hydrogen (secondary N) is 2. The predicted molar refractivity (Wildman–Crippen MR) is 137 cm³/mol. The van der Waals surface area contributed by atoms with Crippen molar-refractivity contribution in [2.24, 2.45) is 7.05 Å². The highest BCUT2D eigenvalue weighted by Crippen LogP contribution is 2.30. The topological polar surface area (TPSA) is 93.4 Å². The number of para-hydroxylation sites is 1. The lowest BCUT2D eigenvalue weighted by Gasteiger charge is -2.17. The number of alkyl halides is 1. The number of hydrogen-bond acceptors (Lipinski definition) is 4. The van der Waals surface area contributed by atoms with E-state index in [1.165, 1.54) is 0 Å². The monoisotopic (exact) mass is 493 g/mol. The van der Waals surface area contributed by atoms with Crippen LogP contribution in [0.25, 0.3) is 10.9 Å². The highest BCUT2D eigenvalue weighted by molar-refractivity contribution is 5.93. The second-order valence-corrected chi connectivity index (χ2v) is 9.28. The molecule has 184 valence electrons. The van der Waals surface area contributed by atoms with E-state index in [1.54, 1.807) is 23.3 Å². The van der Waals surface area contributed by atoms with E-state index in [4.69, 9.17) is 0 Å². The Morgan fingerprint density at radius 1 is 1.22 bits per heavy atom. The standard InChI is InChI=1S/C28H24FN7O/c1-17-9-18(7-8-19-13-31-35(2)14-19)10-24(32-17)28(37)34-26(23-11-20-5-3-4-6-22(20)33-23)27-25-12-21(29)15-36(25)16-30-27/h3-6,9-11,13-14,16,21,26,33H,12,15H2,1-2H3,(H,34,37)/t21-,26?/m1/s1. The second kappa shape index (κ2) is 9.06. The van der Waals surface area contributed by atoms with Crippen molar-refractivity contribution in [1.29, 1.82) is 0 Å². The molecule has 9 heteroatoms. The number of hydrogen-bond donors (Lipinski definition) is 2. The van der Waals surface area contributed by atoms with Gasteiger partial charge in [-0.3, -0.25) is 9.48 Å². The van der Waals surface area contributed by atoms with E-state index in [0.717, 1.165) is 27.9 Å². The Kier molecular flexibility index (Phi) is 5.57. The molecule has 1 unspecified atom stereocenters. The van der Waals surface area contributed by atoms with Crippen LogP contribution in [0.5, 0.6) is 0 Å². The number of pyridine rings is 1. The number of imidazole rings is 1. The number of aromatic nitrogens is 6. The smallest absolute Gasteiger partial charge is 0.270 e. The van der Waals surface area contributed by atoms with Crippen LogP contribution in [0.15, 0.2) is 61.2 Å². The Labute approximate surface area is 212 Å². The number of carbonyl (C=O) groups is 1. The van der Waals surface area contributed by atoms with E-state index < -0.39 is 12.2 Å². The van der Waals surface area contributed by atoms with Gasteiger partial charge in [-0.2, -0.15) is 5.10 Å². The summed E-state index contributed by atoms with van der Waals surface area (Å²) in [6, 6.07) is 12.8. The zero-order valence-corrected chi connectivity index (χ0v) is 20.4. The summed E-state index contributed by atoms with van der Waals surface area (Å²) in [5.41, 5.74) is 5.50. The highest BCUT2D eigenvalue weighted by atomic mass is 19.1. The Bertz CT molecular complexity index is 1670. The van der Waals surface area contributed by atoms with Crippen molar-refractivity contribution in [2.75, 3.05) is 0 Å². The van der Waals surface area contributed by atoms with Crippen LogP contribution < -0.4 is 5.32 Å². The molecule has 0 aliphatic carbocycles. The molecule has 5 heterocycles. The Balaban J connectivity index is 1.35. The summed E-state index contributed by atoms with van der Waals surface area (Å²) >= 11 is 0. The molecular formula is C28H24FN7O. The fourth-order valence-electron chi connectivity index (χ4n) is 4.77. The molecular weight excluding hydrogens is 469 g/mol. The molecule has 0 saturated heterocycles. The maximum Gasteiger partial charge on any atom is 0.270 e. The van der Waals surface area contributed by atoms with Gasteiger partial charge < -0.3 is 14.9 Å². The Morgan fingerprint density at radius 2 is 2.05 bits per heavy atom. The molecule has 5 aromatic rings. The van der Waals surface area contributed by atoms with Gasteiger partial charge in [0.05, 0.1) is 30.3 Å². The molecule has 2 atom stereocenters. The van der Waals surface area contributed by atoms with Crippen molar-refractivity contribution in [3.05, 3.63) is 101 Å². The number of H-pyrrole nitrogens is 1. The summed E-state index contributed by atoms with van der Waals surface area (Å²) in [6.07, 6.45) is 4.45. The van der Waals surface area contributed by atoms with Crippen LogP contribution in [0.2, 0.25) is 0 Å². The zero-order valence-electron chi connectivity index (χ0n) is 20.4. The van der Waals surface area contributed by atoms with Gasteiger partial charge in [-0.25, -0.2) is 14.4 Å². The molecule has 0 fully saturated rings. The zero-order chi connectivity index (χ0) is 25.5. The van der Waals surface area contributed by atoms with Gasteiger partial charge in [-0.05, 0) is 36.6 Å². The van der Waals surface area contributed by atoms with Crippen molar-refractivity contribution in [1.82, 2.24) is 34.6 Å². The number of rotatable bonds is 4. The molecule has 1 amide bonds. The van der Waals surface area contributed by atoms with E-state index in [-0.39, 0.29) is 24.6 Å². The molecule has 6 rings (SSSR count). The molecule has 0 saturated carbocycles. The molecule has 0 spiro atoms. The quantitative estimate of drug-likeness (QED) is 0.374. The van der Waals surface area contributed by atoms with Gasteiger partial charge in [0.1, 0.15) is 17.9 Å². The van der Waals surface area contributed by atoms with Crippen LogP contribution in [-0.4, -0.2) is 41.4 Å². The van der Waals surface area contributed by atoms with Gasteiger partial charge in [0, 0.05) is 47.8 Å². The lowest BCUT2D eigenvalue weighted by atomic mass is 10.1. The first kappa shape index (κ1) is 22.7. The fraction of sp³-hybridized carbons (Fsp3) is 0.214. The number of carbonyl (C=O) groups excluding carboxylic acids is 1. The maximum atomic E-state index is 14.2. The lowest BCUT2D eigenvalue weighted by Crippen LogP contribution is -2.31. The van der Waals surface area contributed by atoms with Crippen LogP contribution in [0.1, 0.15) is 50.4 Å². The van der Waals surface area contributed by atoms with Gasteiger partial charge in [-0.1, -0.05) is 30.0 Å². The van der Waals surface area contributed by atoms with Crippen LogP contribution >= 0.6 is 0 Å². The molecule has 1 aliphatic heterocycles. The average Bonchev–Trinajstić information content (AvgIpc) is 3.65. The third kappa shape index (κ3) is 4.49. The Morgan fingerprint density at radius 3 is 2.86 bits per heavy atom. The van der Waals surface area contributed by atoms with Crippen molar-refractivity contribution >= 4 is 16.8 Å². The molecule has 8 nitrogen and oxygen atoms in total. The fourth-order valence-corrected chi connectivity index (χ4v) is 4.77. The molecule has 37 heavy (non-hydrogen) atoms. The highest BCUT2D eigenvalue weighted by Gasteiger charge is 2.31. The number of aryl methyl sites for hydroxylation is 2. The summed E-state index contributed by atoms with van der Waals surface area (Å²) in [6.45, 7) is 2.10. The summed E-state index contributed by atoms with van der Waals surface area (Å²) < 4.78 is 17.7. The first-order chi connectivity index (χ1) is 17.9. The largest absolute Gasteiger partial charge is 0.356 e. The minimum absolute atomic E-state index is 0.246. The first-order valence-electron chi connectivity index (χ1n) is 12.0. The van der Waals surface area contributed by atoms with Crippen molar-refractivity contribution in [3.63, 3.8) is 0 Å². The van der Waals surface area contributed by atoms with Gasteiger partial charge in [0.2, 0.25) is 0 Å². The van der Waals surface area contributed by atoms with Crippen LogP contribution in [-0.2, 0) is 20.0 Å². The van der Waals surface area contributed by atoms with Crippen LogP contribution in [0.4, 0.5) is 4.39 Å². The number of amides is 1. The molecule has 0 bridgehead atoms. The molecule has 2 N–H and O–H groups in total. The van der Waals surface area contributed by atoms with E-state index in [2.05, 4.69) is 37.2 Å². The summed E-state index contributed by atoms with van der Waals surface area (Å²) in [7, 11) is 1.83. The number of benzene rings is 1. The molecule has 1 aromatic carbocycles. The van der Waals surface area contributed by atoms with Gasteiger partial charge in [-0.15, -0.1) is 0 Å². The van der Waals surface area contributed by atoms with E-state index in [9.17, 15) is 9.18 Å².